The fourth-order valence-corrected chi connectivity index (χ4v) is 4.82. The fraction of sp³-hybridized carbons (Fsp3) is 0.480. The quantitative estimate of drug-likeness (QED) is 0.797. The van der Waals surface area contributed by atoms with E-state index < -0.39 is 0 Å². The van der Waals surface area contributed by atoms with Crippen molar-refractivity contribution in [2.75, 3.05) is 31.6 Å². The number of nitrogens with one attached hydrogen (secondary N) is 1. The third kappa shape index (κ3) is 4.99. The van der Waals surface area contributed by atoms with Crippen LogP contribution in [0, 0.1) is 0 Å². The summed E-state index contributed by atoms with van der Waals surface area (Å²) in [7, 11) is 2.04. The van der Waals surface area contributed by atoms with Crippen molar-refractivity contribution in [3.63, 3.8) is 0 Å². The molecule has 1 fully saturated rings. The lowest BCUT2D eigenvalue weighted by atomic mass is 9.88. The SMILES string of the molecule is CN(CC(=O)N[C@H]1CCCc2ccccc21)Cc1ccccc1N1CCCCC1. The molecule has 1 N–H and O–H groups in total. The van der Waals surface area contributed by atoms with E-state index in [1.54, 1.807) is 0 Å². The number of aryl methyl sites for hydroxylation is 1. The van der Waals surface area contributed by atoms with Crippen LogP contribution in [0.1, 0.15) is 54.8 Å². The van der Waals surface area contributed by atoms with Crippen molar-refractivity contribution in [3.8, 4) is 0 Å². The first-order chi connectivity index (χ1) is 14.2. The molecule has 1 atom stereocenters. The molecule has 0 saturated carbocycles. The standard InChI is InChI=1S/C25H33N3O/c1-27(18-21-11-4-6-15-24(21)28-16-7-2-8-17-28)19-25(29)26-23-14-9-12-20-10-3-5-13-22(20)23/h3-6,10-11,13,15,23H,2,7-9,12,14,16-19H2,1H3,(H,26,29)/t23-/m0/s1. The number of carbonyl (C=O) groups is 1. The van der Waals surface area contributed by atoms with Crippen molar-refractivity contribution < 1.29 is 4.79 Å². The first-order valence-corrected chi connectivity index (χ1v) is 11.1. The monoisotopic (exact) mass is 391 g/mol. The number of para-hydroxylation sites is 1. The minimum Gasteiger partial charge on any atom is -0.371 e. The summed E-state index contributed by atoms with van der Waals surface area (Å²) in [6.07, 6.45) is 7.18. The smallest absolute Gasteiger partial charge is 0.234 e. The first kappa shape index (κ1) is 20.0. The Morgan fingerprint density at radius 3 is 2.66 bits per heavy atom. The molecule has 1 aliphatic heterocycles. The molecule has 2 aromatic carbocycles. The van der Waals surface area contributed by atoms with Gasteiger partial charge in [0.25, 0.3) is 0 Å². The van der Waals surface area contributed by atoms with Gasteiger partial charge in [-0.2, -0.15) is 0 Å². The first-order valence-electron chi connectivity index (χ1n) is 11.1. The van der Waals surface area contributed by atoms with E-state index in [4.69, 9.17) is 0 Å². The summed E-state index contributed by atoms with van der Waals surface area (Å²) in [6.45, 7) is 3.50. The van der Waals surface area contributed by atoms with Crippen LogP contribution in [0.3, 0.4) is 0 Å². The number of likely N-dealkylation sites (N-methyl/N-ethyl adjacent to an activating group) is 1. The van der Waals surface area contributed by atoms with E-state index >= 15 is 0 Å². The maximum Gasteiger partial charge on any atom is 0.234 e. The van der Waals surface area contributed by atoms with Crippen LogP contribution in [0.4, 0.5) is 5.69 Å². The van der Waals surface area contributed by atoms with Gasteiger partial charge in [0.05, 0.1) is 12.6 Å². The van der Waals surface area contributed by atoms with Gasteiger partial charge in [0.1, 0.15) is 0 Å². The average Bonchev–Trinajstić information content (AvgIpc) is 2.75. The van der Waals surface area contributed by atoms with E-state index in [0.717, 1.165) is 38.9 Å². The molecule has 4 heteroatoms. The van der Waals surface area contributed by atoms with E-state index in [-0.39, 0.29) is 11.9 Å². The second-order valence-electron chi connectivity index (χ2n) is 8.56. The van der Waals surface area contributed by atoms with Crippen molar-refractivity contribution in [3.05, 3.63) is 65.2 Å². The topological polar surface area (TPSA) is 35.6 Å². The Labute approximate surface area is 174 Å². The summed E-state index contributed by atoms with van der Waals surface area (Å²) in [4.78, 5) is 17.4. The van der Waals surface area contributed by atoms with Gasteiger partial charge in [0, 0.05) is 25.3 Å². The zero-order chi connectivity index (χ0) is 20.1. The number of benzene rings is 2. The van der Waals surface area contributed by atoms with E-state index in [0.29, 0.717) is 6.54 Å². The zero-order valence-corrected chi connectivity index (χ0v) is 17.6. The number of piperidine rings is 1. The van der Waals surface area contributed by atoms with Crippen molar-refractivity contribution in [2.24, 2.45) is 0 Å². The van der Waals surface area contributed by atoms with E-state index in [9.17, 15) is 4.79 Å². The molecule has 1 aliphatic carbocycles. The van der Waals surface area contributed by atoms with Crippen LogP contribution in [-0.2, 0) is 17.8 Å². The van der Waals surface area contributed by atoms with Crippen LogP contribution >= 0.6 is 0 Å². The maximum absolute atomic E-state index is 12.7. The van der Waals surface area contributed by atoms with Crippen LogP contribution in [0.2, 0.25) is 0 Å². The lowest BCUT2D eigenvalue weighted by Gasteiger charge is -2.31. The minimum absolute atomic E-state index is 0.115. The molecule has 0 spiro atoms. The predicted molar refractivity (Wildman–Crippen MR) is 119 cm³/mol. The molecule has 0 aromatic heterocycles. The van der Waals surface area contributed by atoms with Gasteiger partial charge in [-0.15, -0.1) is 0 Å². The highest BCUT2D eigenvalue weighted by atomic mass is 16.2. The number of nitrogens with zero attached hydrogens (tertiary/aromatic N) is 2. The molecule has 2 aromatic rings. The molecule has 0 radical (unpaired) electrons. The van der Waals surface area contributed by atoms with E-state index in [1.807, 2.05) is 7.05 Å². The highest BCUT2D eigenvalue weighted by Gasteiger charge is 2.22. The number of fused-ring (bicyclic) bond motifs is 1. The number of hydrogen-bond donors (Lipinski definition) is 1. The molecule has 4 rings (SSSR count). The Kier molecular flexibility index (Phi) is 6.50. The molecule has 4 nitrogen and oxygen atoms in total. The number of anilines is 1. The summed E-state index contributed by atoms with van der Waals surface area (Å²) in [5.41, 5.74) is 5.33. The van der Waals surface area contributed by atoms with Gasteiger partial charge in [-0.1, -0.05) is 42.5 Å². The third-order valence-corrected chi connectivity index (χ3v) is 6.25. The highest BCUT2D eigenvalue weighted by Crippen LogP contribution is 2.29. The number of carbonyl (C=O) groups excluding carboxylic acids is 1. The van der Waals surface area contributed by atoms with Crippen LogP contribution in [0.25, 0.3) is 0 Å². The Balaban J connectivity index is 1.36. The molecule has 1 amide bonds. The molecular weight excluding hydrogens is 358 g/mol. The summed E-state index contributed by atoms with van der Waals surface area (Å²) < 4.78 is 0. The van der Waals surface area contributed by atoms with Crippen molar-refractivity contribution in [1.82, 2.24) is 10.2 Å². The van der Waals surface area contributed by atoms with E-state index in [2.05, 4.69) is 63.6 Å². The molecule has 0 bridgehead atoms. The average molecular weight is 392 g/mol. The van der Waals surface area contributed by atoms with Gasteiger partial charge in [-0.3, -0.25) is 9.69 Å². The number of rotatable bonds is 6. The summed E-state index contributed by atoms with van der Waals surface area (Å²) in [6, 6.07) is 17.3. The zero-order valence-electron chi connectivity index (χ0n) is 17.6. The van der Waals surface area contributed by atoms with Gasteiger partial charge < -0.3 is 10.2 Å². The van der Waals surface area contributed by atoms with Gasteiger partial charge in [0.15, 0.2) is 0 Å². The Hall–Kier alpha value is -2.33. The summed E-state index contributed by atoms with van der Waals surface area (Å²) in [5.74, 6) is 0.115. The lowest BCUT2D eigenvalue weighted by Crippen LogP contribution is -2.38. The largest absolute Gasteiger partial charge is 0.371 e. The second-order valence-corrected chi connectivity index (χ2v) is 8.56. The summed E-state index contributed by atoms with van der Waals surface area (Å²) >= 11 is 0. The molecule has 1 heterocycles. The normalized spacial score (nSPS) is 19.1. The van der Waals surface area contributed by atoms with Crippen molar-refractivity contribution >= 4 is 11.6 Å². The summed E-state index contributed by atoms with van der Waals surface area (Å²) in [5, 5.41) is 3.28. The third-order valence-electron chi connectivity index (χ3n) is 6.25. The van der Waals surface area contributed by atoms with Crippen LogP contribution < -0.4 is 10.2 Å². The highest BCUT2D eigenvalue weighted by molar-refractivity contribution is 5.78. The molecule has 2 aliphatic rings. The van der Waals surface area contributed by atoms with Crippen LogP contribution in [0.15, 0.2) is 48.5 Å². The van der Waals surface area contributed by atoms with Gasteiger partial charge in [0.2, 0.25) is 5.91 Å². The lowest BCUT2D eigenvalue weighted by molar-refractivity contribution is -0.122. The van der Waals surface area contributed by atoms with Crippen molar-refractivity contribution in [2.45, 2.75) is 51.1 Å². The van der Waals surface area contributed by atoms with Gasteiger partial charge >= 0.3 is 0 Å². The molecule has 29 heavy (non-hydrogen) atoms. The van der Waals surface area contributed by atoms with Gasteiger partial charge in [-0.25, -0.2) is 0 Å². The van der Waals surface area contributed by atoms with E-state index in [1.165, 1.54) is 41.6 Å². The van der Waals surface area contributed by atoms with Crippen LogP contribution in [-0.4, -0.2) is 37.5 Å². The van der Waals surface area contributed by atoms with Gasteiger partial charge in [-0.05, 0) is 68.3 Å². The van der Waals surface area contributed by atoms with Crippen LogP contribution in [0.5, 0.6) is 0 Å². The predicted octanol–water partition coefficient (Wildman–Crippen LogP) is 4.30. The molecule has 154 valence electrons. The Bertz CT molecular complexity index is 828. The van der Waals surface area contributed by atoms with Crippen molar-refractivity contribution in [1.29, 1.82) is 0 Å². The second kappa shape index (κ2) is 9.45. The molecule has 1 saturated heterocycles. The number of amides is 1. The molecular formula is C25H33N3O. The number of hydrogen-bond acceptors (Lipinski definition) is 3. The molecule has 0 unspecified atom stereocenters. The Morgan fingerprint density at radius 1 is 1.03 bits per heavy atom. The maximum atomic E-state index is 12.7. The Morgan fingerprint density at radius 2 is 1.79 bits per heavy atom. The minimum atomic E-state index is 0.115. The fourth-order valence-electron chi connectivity index (χ4n) is 4.82.